The highest BCUT2D eigenvalue weighted by atomic mass is 32.2. The van der Waals surface area contributed by atoms with Crippen molar-refractivity contribution < 1.29 is 9.00 Å². The summed E-state index contributed by atoms with van der Waals surface area (Å²) in [7, 11) is -0.963. The first-order chi connectivity index (χ1) is 11.1. The summed E-state index contributed by atoms with van der Waals surface area (Å²) in [5.41, 5.74) is 1.29. The summed E-state index contributed by atoms with van der Waals surface area (Å²) in [4.78, 5) is 14.4. The molecule has 1 amide bonds. The third kappa shape index (κ3) is 5.92. The lowest BCUT2D eigenvalue weighted by Crippen LogP contribution is -2.43. The minimum absolute atomic E-state index is 0.0204. The van der Waals surface area contributed by atoms with Crippen LogP contribution in [0.5, 0.6) is 0 Å². The molecule has 126 valence electrons. The van der Waals surface area contributed by atoms with Gasteiger partial charge in [0.15, 0.2) is 0 Å². The second kappa shape index (κ2) is 8.99. The highest BCUT2D eigenvalue weighted by molar-refractivity contribution is 7.87. The Morgan fingerprint density at radius 3 is 2.83 bits per heavy atom. The fourth-order valence-electron chi connectivity index (χ4n) is 3.00. The lowest BCUT2D eigenvalue weighted by Gasteiger charge is -2.38. The van der Waals surface area contributed by atoms with E-state index in [-0.39, 0.29) is 5.91 Å². The Bertz CT molecular complexity index is 559. The van der Waals surface area contributed by atoms with Crippen LogP contribution in [0.25, 0.3) is 0 Å². The van der Waals surface area contributed by atoms with E-state index in [4.69, 9.17) is 0 Å². The number of likely N-dealkylation sites (tertiary alicyclic amines) is 1. The highest BCUT2D eigenvalue weighted by Gasteiger charge is 2.28. The number of carbonyl (C=O) groups excluding carboxylic acids is 1. The summed E-state index contributed by atoms with van der Waals surface area (Å²) in [6, 6.07) is 10.7. The van der Waals surface area contributed by atoms with Crippen LogP contribution in [-0.2, 0) is 15.6 Å². The Kier molecular flexibility index (Phi) is 6.99. The van der Waals surface area contributed by atoms with Gasteiger partial charge in [0, 0.05) is 29.6 Å². The van der Waals surface area contributed by atoms with Gasteiger partial charge in [0.1, 0.15) is 0 Å². The van der Waals surface area contributed by atoms with E-state index in [1.54, 1.807) is 17.7 Å². The molecule has 1 aromatic carbocycles. The largest absolute Gasteiger partial charge is 0.351 e. The van der Waals surface area contributed by atoms with Crippen LogP contribution in [-0.4, -0.2) is 40.9 Å². The molecule has 1 N–H and O–H groups in total. The number of nitrogens with one attached hydrogen (secondary N) is 1. The van der Waals surface area contributed by atoms with Gasteiger partial charge < -0.3 is 5.32 Å². The fraction of sp³-hybridized carbons (Fsp3) is 0.500. The molecule has 0 aromatic heterocycles. The van der Waals surface area contributed by atoms with Crippen molar-refractivity contribution in [3.63, 3.8) is 0 Å². The molecule has 1 aliphatic rings. The first-order valence-corrected chi connectivity index (χ1v) is 9.73. The van der Waals surface area contributed by atoms with Gasteiger partial charge in [-0.2, -0.15) is 0 Å². The number of piperidine rings is 1. The number of nitrogens with zero attached hydrogens (tertiary/aromatic N) is 1. The summed E-state index contributed by atoms with van der Waals surface area (Å²) >= 11 is 0. The second-order valence-electron chi connectivity index (χ2n) is 6.20. The molecule has 0 saturated carbocycles. The Labute approximate surface area is 141 Å². The molecule has 1 saturated heterocycles. The molecular weight excluding hydrogens is 308 g/mol. The third-order valence-corrected chi connectivity index (χ3v) is 4.79. The highest BCUT2D eigenvalue weighted by Crippen LogP contribution is 2.33. The lowest BCUT2D eigenvalue weighted by molar-refractivity contribution is -0.123. The van der Waals surface area contributed by atoms with Crippen LogP contribution in [0.1, 0.15) is 31.4 Å². The maximum Gasteiger partial charge on any atom is 0.234 e. The van der Waals surface area contributed by atoms with E-state index in [9.17, 15) is 9.00 Å². The van der Waals surface area contributed by atoms with E-state index < -0.39 is 10.8 Å². The topological polar surface area (TPSA) is 49.4 Å². The van der Waals surface area contributed by atoms with Crippen molar-refractivity contribution in [2.75, 3.05) is 25.9 Å². The fourth-order valence-corrected chi connectivity index (χ4v) is 3.37. The molecule has 2 rings (SSSR count). The Hall–Kier alpha value is -1.46. The molecule has 5 heteroatoms. The quantitative estimate of drug-likeness (QED) is 0.869. The number of hydrogen-bond donors (Lipinski definition) is 1. The van der Waals surface area contributed by atoms with Gasteiger partial charge in [-0.25, -0.2) is 0 Å². The summed E-state index contributed by atoms with van der Waals surface area (Å²) in [5, 5.41) is 4.46. The van der Waals surface area contributed by atoms with Crippen LogP contribution in [0, 0.1) is 5.92 Å². The molecular formula is C18H26N2O2S. The van der Waals surface area contributed by atoms with Crippen molar-refractivity contribution in [2.24, 2.45) is 5.92 Å². The smallest absolute Gasteiger partial charge is 0.234 e. The van der Waals surface area contributed by atoms with Crippen molar-refractivity contribution in [2.45, 2.75) is 25.8 Å². The molecule has 3 unspecified atom stereocenters. The van der Waals surface area contributed by atoms with Crippen LogP contribution < -0.4 is 5.32 Å². The molecule has 0 bridgehead atoms. The van der Waals surface area contributed by atoms with E-state index in [1.807, 2.05) is 6.07 Å². The molecule has 1 aromatic rings. The Balaban J connectivity index is 1.93. The summed E-state index contributed by atoms with van der Waals surface area (Å²) in [6.45, 7) is 4.07. The molecule has 3 atom stereocenters. The molecule has 1 aliphatic heterocycles. The predicted molar refractivity (Wildman–Crippen MR) is 95.4 cm³/mol. The van der Waals surface area contributed by atoms with Gasteiger partial charge in [0.2, 0.25) is 5.91 Å². The van der Waals surface area contributed by atoms with E-state index in [0.29, 0.717) is 25.0 Å². The van der Waals surface area contributed by atoms with Crippen LogP contribution >= 0.6 is 0 Å². The SMILES string of the molecule is CC1CCN(CC(=O)NC/C=C\S(C)=O)C(c2ccccc2)C1. The molecule has 23 heavy (non-hydrogen) atoms. The average Bonchev–Trinajstić information content (AvgIpc) is 2.54. The van der Waals surface area contributed by atoms with Gasteiger partial charge in [-0.05, 0) is 36.3 Å². The van der Waals surface area contributed by atoms with E-state index in [1.165, 1.54) is 5.56 Å². The lowest BCUT2D eigenvalue weighted by atomic mass is 9.88. The number of rotatable bonds is 6. The predicted octanol–water partition coefficient (Wildman–Crippen LogP) is 2.47. The normalized spacial score (nSPS) is 23.7. The number of amides is 1. The minimum atomic E-state index is -0.963. The zero-order valence-corrected chi connectivity index (χ0v) is 14.7. The molecule has 0 spiro atoms. The maximum absolute atomic E-state index is 12.2. The van der Waals surface area contributed by atoms with Crippen molar-refractivity contribution in [3.8, 4) is 0 Å². The third-order valence-electron chi connectivity index (χ3n) is 4.21. The van der Waals surface area contributed by atoms with Crippen molar-refractivity contribution in [1.82, 2.24) is 10.2 Å². The zero-order valence-electron chi connectivity index (χ0n) is 13.9. The monoisotopic (exact) mass is 334 g/mol. The van der Waals surface area contributed by atoms with Gasteiger partial charge in [-0.3, -0.25) is 13.9 Å². The van der Waals surface area contributed by atoms with Crippen LogP contribution in [0.2, 0.25) is 0 Å². The van der Waals surface area contributed by atoms with Crippen molar-refractivity contribution in [3.05, 3.63) is 47.4 Å². The van der Waals surface area contributed by atoms with E-state index in [2.05, 4.69) is 41.4 Å². The van der Waals surface area contributed by atoms with Gasteiger partial charge in [-0.1, -0.05) is 43.3 Å². The van der Waals surface area contributed by atoms with Crippen LogP contribution in [0.3, 0.4) is 0 Å². The Morgan fingerprint density at radius 1 is 1.39 bits per heavy atom. The van der Waals surface area contributed by atoms with E-state index >= 15 is 0 Å². The number of benzene rings is 1. The number of carbonyl (C=O) groups is 1. The summed E-state index contributed by atoms with van der Waals surface area (Å²) < 4.78 is 10.9. The van der Waals surface area contributed by atoms with Crippen molar-refractivity contribution in [1.29, 1.82) is 0 Å². The molecule has 0 aliphatic carbocycles. The zero-order chi connectivity index (χ0) is 16.7. The van der Waals surface area contributed by atoms with Gasteiger partial charge in [-0.15, -0.1) is 0 Å². The van der Waals surface area contributed by atoms with Gasteiger partial charge >= 0.3 is 0 Å². The molecule has 1 heterocycles. The second-order valence-corrected chi connectivity index (χ2v) is 7.47. The minimum Gasteiger partial charge on any atom is -0.351 e. The van der Waals surface area contributed by atoms with E-state index in [0.717, 1.165) is 19.4 Å². The Morgan fingerprint density at radius 2 is 2.13 bits per heavy atom. The van der Waals surface area contributed by atoms with Crippen LogP contribution in [0.15, 0.2) is 41.8 Å². The molecule has 4 nitrogen and oxygen atoms in total. The van der Waals surface area contributed by atoms with Crippen molar-refractivity contribution >= 4 is 16.7 Å². The van der Waals surface area contributed by atoms with Crippen LogP contribution in [0.4, 0.5) is 0 Å². The first-order valence-electron chi connectivity index (χ1n) is 8.11. The van der Waals surface area contributed by atoms with Gasteiger partial charge in [0.05, 0.1) is 6.54 Å². The number of hydrogen-bond acceptors (Lipinski definition) is 3. The average molecular weight is 334 g/mol. The van der Waals surface area contributed by atoms with Gasteiger partial charge in [0.25, 0.3) is 0 Å². The standard InChI is InChI=1S/C18H26N2O2S/c1-15-9-11-20(14-18(21)19-10-6-12-23(2)22)17(13-15)16-7-4-3-5-8-16/h3-8,12,15,17H,9-11,13-14H2,1-2H3,(H,19,21)/b12-6-. The molecule has 0 radical (unpaired) electrons. The molecule has 1 fully saturated rings. The first kappa shape index (κ1) is 17.9. The summed E-state index contributed by atoms with van der Waals surface area (Å²) in [5.74, 6) is 0.703. The summed E-state index contributed by atoms with van der Waals surface area (Å²) in [6.07, 6.45) is 5.57. The maximum atomic E-state index is 12.2.